The molecule has 0 saturated carbocycles. The molecule has 2 heterocycles. The van der Waals surface area contributed by atoms with Crippen LogP contribution in [0.25, 0.3) is 0 Å². The predicted molar refractivity (Wildman–Crippen MR) is 87.9 cm³/mol. The van der Waals surface area contributed by atoms with Gasteiger partial charge in [0.15, 0.2) is 0 Å². The van der Waals surface area contributed by atoms with E-state index in [2.05, 4.69) is 27.6 Å². The number of piperazine rings is 1. The first-order chi connectivity index (χ1) is 10.6. The lowest BCUT2D eigenvalue weighted by atomic mass is 10.1. The van der Waals surface area contributed by atoms with Gasteiger partial charge in [0.2, 0.25) is 5.91 Å². The maximum atomic E-state index is 11.9. The molecular weight excluding hydrogens is 278 g/mol. The lowest BCUT2D eigenvalue weighted by Crippen LogP contribution is -2.44. The molecule has 0 radical (unpaired) electrons. The van der Waals surface area contributed by atoms with E-state index in [4.69, 9.17) is 0 Å². The van der Waals surface area contributed by atoms with Gasteiger partial charge in [0.05, 0.1) is 5.69 Å². The number of nitrogens with one attached hydrogen (secondary N) is 2. The molecule has 1 aromatic heterocycles. The molecule has 0 bridgehead atoms. The molecule has 1 saturated heterocycles. The highest BCUT2D eigenvalue weighted by atomic mass is 16.1. The standard InChI is InChI=1S/C16H29N5O/c1-13-15(14(2)20(3)19-13)5-6-16(22)18-7-4-10-21-11-8-17-9-12-21/h17H,4-12H2,1-3H3,(H,18,22). The molecule has 1 fully saturated rings. The Balaban J connectivity index is 1.61. The number of hydrogen-bond acceptors (Lipinski definition) is 4. The van der Waals surface area contributed by atoms with Crippen LogP contribution in [-0.2, 0) is 18.3 Å². The fraction of sp³-hybridized carbons (Fsp3) is 0.750. The molecule has 22 heavy (non-hydrogen) atoms. The first kappa shape index (κ1) is 17.0. The molecule has 124 valence electrons. The van der Waals surface area contributed by atoms with Gasteiger partial charge in [-0.3, -0.25) is 9.48 Å². The Kier molecular flexibility index (Phi) is 6.39. The second-order valence-corrected chi connectivity index (χ2v) is 6.07. The fourth-order valence-corrected chi connectivity index (χ4v) is 2.97. The van der Waals surface area contributed by atoms with Crippen LogP contribution in [0.15, 0.2) is 0 Å². The number of carbonyl (C=O) groups is 1. The topological polar surface area (TPSA) is 62.2 Å². The SMILES string of the molecule is Cc1nn(C)c(C)c1CCC(=O)NCCCN1CCNCC1. The third kappa shape index (κ3) is 4.81. The van der Waals surface area contributed by atoms with E-state index in [1.807, 2.05) is 18.7 Å². The van der Waals surface area contributed by atoms with Crippen molar-refractivity contribution < 1.29 is 4.79 Å². The summed E-state index contributed by atoms with van der Waals surface area (Å²) in [6, 6.07) is 0. The highest BCUT2D eigenvalue weighted by molar-refractivity contribution is 5.76. The number of hydrogen-bond donors (Lipinski definition) is 2. The predicted octanol–water partition coefficient (Wildman–Crippen LogP) is 0.381. The van der Waals surface area contributed by atoms with Crippen molar-refractivity contribution in [3.8, 4) is 0 Å². The average molecular weight is 307 g/mol. The molecule has 2 N–H and O–H groups in total. The number of aromatic nitrogens is 2. The van der Waals surface area contributed by atoms with E-state index in [-0.39, 0.29) is 5.91 Å². The van der Waals surface area contributed by atoms with Crippen LogP contribution in [0.1, 0.15) is 29.8 Å². The number of carbonyl (C=O) groups excluding carboxylic acids is 1. The van der Waals surface area contributed by atoms with Gasteiger partial charge in [-0.25, -0.2) is 0 Å². The molecule has 1 aliphatic heterocycles. The zero-order valence-electron chi connectivity index (χ0n) is 14.1. The third-order valence-electron chi connectivity index (χ3n) is 4.44. The molecule has 0 unspecified atom stereocenters. The molecule has 2 rings (SSSR count). The molecule has 6 nitrogen and oxygen atoms in total. The Morgan fingerprint density at radius 3 is 2.68 bits per heavy atom. The zero-order valence-corrected chi connectivity index (χ0v) is 14.1. The van der Waals surface area contributed by atoms with E-state index >= 15 is 0 Å². The smallest absolute Gasteiger partial charge is 0.220 e. The van der Waals surface area contributed by atoms with Crippen molar-refractivity contribution >= 4 is 5.91 Å². The fourth-order valence-electron chi connectivity index (χ4n) is 2.97. The first-order valence-electron chi connectivity index (χ1n) is 8.27. The molecule has 0 aliphatic carbocycles. The maximum absolute atomic E-state index is 11.9. The normalized spacial score (nSPS) is 16.0. The average Bonchev–Trinajstić information content (AvgIpc) is 2.76. The van der Waals surface area contributed by atoms with Gasteiger partial charge in [-0.2, -0.15) is 5.10 Å². The summed E-state index contributed by atoms with van der Waals surface area (Å²) in [5.41, 5.74) is 3.40. The summed E-state index contributed by atoms with van der Waals surface area (Å²) in [4.78, 5) is 14.4. The van der Waals surface area contributed by atoms with Crippen LogP contribution in [0.3, 0.4) is 0 Å². The Labute approximate surface area is 133 Å². The van der Waals surface area contributed by atoms with Crippen molar-refractivity contribution in [3.63, 3.8) is 0 Å². The van der Waals surface area contributed by atoms with E-state index in [1.54, 1.807) is 0 Å². The minimum atomic E-state index is 0.142. The quantitative estimate of drug-likeness (QED) is 0.715. The third-order valence-corrected chi connectivity index (χ3v) is 4.44. The highest BCUT2D eigenvalue weighted by Gasteiger charge is 2.12. The van der Waals surface area contributed by atoms with Gasteiger partial charge in [-0.05, 0) is 38.8 Å². The van der Waals surface area contributed by atoms with Crippen LogP contribution < -0.4 is 10.6 Å². The summed E-state index contributed by atoms with van der Waals surface area (Å²) >= 11 is 0. The summed E-state index contributed by atoms with van der Waals surface area (Å²) in [5.74, 6) is 0.142. The van der Waals surface area contributed by atoms with Crippen molar-refractivity contribution in [2.45, 2.75) is 33.1 Å². The van der Waals surface area contributed by atoms with E-state index < -0.39 is 0 Å². The summed E-state index contributed by atoms with van der Waals surface area (Å²) in [6.45, 7) is 10.3. The number of rotatable bonds is 7. The molecule has 0 atom stereocenters. The van der Waals surface area contributed by atoms with E-state index in [0.29, 0.717) is 6.42 Å². The largest absolute Gasteiger partial charge is 0.356 e. The molecule has 1 amide bonds. The van der Waals surface area contributed by atoms with E-state index in [1.165, 1.54) is 5.56 Å². The Morgan fingerprint density at radius 2 is 2.05 bits per heavy atom. The highest BCUT2D eigenvalue weighted by Crippen LogP contribution is 2.13. The van der Waals surface area contributed by atoms with Crippen LogP contribution in [0.2, 0.25) is 0 Å². The Bertz CT molecular complexity index is 491. The summed E-state index contributed by atoms with van der Waals surface area (Å²) in [5, 5.41) is 10.8. The summed E-state index contributed by atoms with van der Waals surface area (Å²) in [7, 11) is 1.95. The first-order valence-corrected chi connectivity index (χ1v) is 8.27. The van der Waals surface area contributed by atoms with Gasteiger partial charge >= 0.3 is 0 Å². The lowest BCUT2D eigenvalue weighted by molar-refractivity contribution is -0.121. The molecule has 1 aliphatic rings. The van der Waals surface area contributed by atoms with Gasteiger partial charge in [-0.1, -0.05) is 0 Å². The molecular formula is C16H29N5O. The van der Waals surface area contributed by atoms with Crippen molar-refractivity contribution in [1.29, 1.82) is 0 Å². The van der Waals surface area contributed by atoms with E-state index in [0.717, 1.165) is 63.5 Å². The van der Waals surface area contributed by atoms with Gasteiger partial charge in [0, 0.05) is 51.9 Å². The van der Waals surface area contributed by atoms with Gasteiger partial charge in [-0.15, -0.1) is 0 Å². The van der Waals surface area contributed by atoms with Crippen LogP contribution in [-0.4, -0.2) is 59.9 Å². The number of aryl methyl sites for hydroxylation is 2. The van der Waals surface area contributed by atoms with Crippen LogP contribution in [0, 0.1) is 13.8 Å². The molecule has 1 aromatic rings. The second kappa shape index (κ2) is 8.29. The van der Waals surface area contributed by atoms with E-state index in [9.17, 15) is 4.79 Å². The Hall–Kier alpha value is -1.40. The molecule has 0 spiro atoms. The van der Waals surface area contributed by atoms with Gasteiger partial charge < -0.3 is 15.5 Å². The van der Waals surface area contributed by atoms with Gasteiger partial charge in [0.25, 0.3) is 0 Å². The van der Waals surface area contributed by atoms with Crippen molar-refractivity contribution in [1.82, 2.24) is 25.3 Å². The van der Waals surface area contributed by atoms with Crippen molar-refractivity contribution in [2.24, 2.45) is 7.05 Å². The van der Waals surface area contributed by atoms with Crippen molar-refractivity contribution in [2.75, 3.05) is 39.3 Å². The molecule has 0 aromatic carbocycles. The number of nitrogens with zero attached hydrogens (tertiary/aromatic N) is 3. The summed E-state index contributed by atoms with van der Waals surface area (Å²) < 4.78 is 1.88. The second-order valence-electron chi connectivity index (χ2n) is 6.07. The minimum absolute atomic E-state index is 0.142. The lowest BCUT2D eigenvalue weighted by Gasteiger charge is -2.27. The monoisotopic (exact) mass is 307 g/mol. The maximum Gasteiger partial charge on any atom is 0.220 e. The molecule has 6 heteroatoms. The van der Waals surface area contributed by atoms with Crippen molar-refractivity contribution in [3.05, 3.63) is 17.0 Å². The van der Waals surface area contributed by atoms with Crippen LogP contribution in [0.4, 0.5) is 0 Å². The zero-order chi connectivity index (χ0) is 15.9. The summed E-state index contributed by atoms with van der Waals surface area (Å²) in [6.07, 6.45) is 2.34. The van der Waals surface area contributed by atoms with Crippen LogP contribution in [0.5, 0.6) is 0 Å². The minimum Gasteiger partial charge on any atom is -0.356 e. The van der Waals surface area contributed by atoms with Gasteiger partial charge in [0.1, 0.15) is 0 Å². The number of amides is 1. The van der Waals surface area contributed by atoms with Crippen LogP contribution >= 0.6 is 0 Å². The Morgan fingerprint density at radius 1 is 1.32 bits per heavy atom.